The van der Waals surface area contributed by atoms with Crippen molar-refractivity contribution in [2.24, 2.45) is 7.05 Å². The van der Waals surface area contributed by atoms with Crippen LogP contribution in [0.25, 0.3) is 11.0 Å². The SMILES string of the molecule is CNC(=O)CCC(C=O)n1c(=O)n(C)c2cc(N3CCC(N(C)C)C(F)(F)C3)ccc21. The largest absolute Gasteiger partial charge is 0.365 e. The van der Waals surface area contributed by atoms with Gasteiger partial charge in [0.2, 0.25) is 5.91 Å². The molecule has 0 radical (unpaired) electrons. The van der Waals surface area contributed by atoms with Crippen molar-refractivity contribution in [3.8, 4) is 0 Å². The zero-order valence-electron chi connectivity index (χ0n) is 18.3. The molecule has 3 rings (SSSR count). The Morgan fingerprint density at radius 3 is 2.65 bits per heavy atom. The number of rotatable bonds is 7. The lowest BCUT2D eigenvalue weighted by molar-refractivity contribution is -0.121. The molecule has 1 fully saturated rings. The molecule has 1 saturated heterocycles. The van der Waals surface area contributed by atoms with Gasteiger partial charge in [-0.1, -0.05) is 0 Å². The van der Waals surface area contributed by atoms with Crippen LogP contribution in [0.2, 0.25) is 0 Å². The lowest BCUT2D eigenvalue weighted by Gasteiger charge is -2.42. The molecule has 2 aromatic rings. The lowest BCUT2D eigenvalue weighted by Crippen LogP contribution is -2.56. The van der Waals surface area contributed by atoms with Crippen LogP contribution in [0.5, 0.6) is 0 Å². The highest BCUT2D eigenvalue weighted by molar-refractivity contribution is 5.82. The number of nitrogens with zero attached hydrogens (tertiary/aromatic N) is 4. The van der Waals surface area contributed by atoms with E-state index in [-0.39, 0.29) is 18.7 Å². The van der Waals surface area contributed by atoms with Crippen molar-refractivity contribution in [1.82, 2.24) is 19.4 Å². The van der Waals surface area contributed by atoms with E-state index in [0.29, 0.717) is 36.0 Å². The molecule has 1 aromatic heterocycles. The average molecular weight is 437 g/mol. The predicted octanol–water partition coefficient (Wildman–Crippen LogP) is 1.38. The molecule has 1 amide bonds. The third-order valence-electron chi connectivity index (χ3n) is 6.06. The van der Waals surface area contributed by atoms with E-state index in [0.717, 1.165) is 0 Å². The topological polar surface area (TPSA) is 79.6 Å². The summed E-state index contributed by atoms with van der Waals surface area (Å²) < 4.78 is 32.0. The van der Waals surface area contributed by atoms with Crippen LogP contribution in [0.1, 0.15) is 25.3 Å². The van der Waals surface area contributed by atoms with Gasteiger partial charge in [0, 0.05) is 32.7 Å². The number of aryl methyl sites for hydroxylation is 1. The minimum Gasteiger partial charge on any atom is -0.365 e. The number of anilines is 1. The molecule has 1 N–H and O–H groups in total. The van der Waals surface area contributed by atoms with Crippen LogP contribution in [-0.4, -0.2) is 72.4 Å². The van der Waals surface area contributed by atoms with Crippen LogP contribution < -0.4 is 15.9 Å². The first-order valence-corrected chi connectivity index (χ1v) is 10.3. The van der Waals surface area contributed by atoms with Crippen LogP contribution in [0, 0.1) is 0 Å². The van der Waals surface area contributed by atoms with Crippen molar-refractivity contribution in [3.05, 3.63) is 28.7 Å². The van der Waals surface area contributed by atoms with Crippen molar-refractivity contribution in [1.29, 1.82) is 0 Å². The van der Waals surface area contributed by atoms with Crippen molar-refractivity contribution < 1.29 is 18.4 Å². The number of aromatic nitrogens is 2. The summed E-state index contributed by atoms with van der Waals surface area (Å²) in [6.07, 6.45) is 1.28. The predicted molar refractivity (Wildman–Crippen MR) is 115 cm³/mol. The Labute approximate surface area is 179 Å². The number of carbonyl (C=O) groups is 2. The van der Waals surface area contributed by atoms with E-state index >= 15 is 0 Å². The first kappa shape index (κ1) is 22.9. The second-order valence-corrected chi connectivity index (χ2v) is 8.25. The Bertz CT molecular complexity index is 1030. The van der Waals surface area contributed by atoms with Gasteiger partial charge in [-0.15, -0.1) is 0 Å². The van der Waals surface area contributed by atoms with Crippen molar-refractivity contribution in [2.75, 3.05) is 39.1 Å². The van der Waals surface area contributed by atoms with Gasteiger partial charge >= 0.3 is 5.69 Å². The molecule has 170 valence electrons. The van der Waals surface area contributed by atoms with Crippen molar-refractivity contribution >= 4 is 28.9 Å². The molecular formula is C21H29F2N5O3. The molecule has 0 spiro atoms. The van der Waals surface area contributed by atoms with Crippen LogP contribution >= 0.6 is 0 Å². The number of hydrogen-bond donors (Lipinski definition) is 1. The number of amides is 1. The minimum atomic E-state index is -2.86. The van der Waals surface area contributed by atoms with Gasteiger partial charge in [0.15, 0.2) is 0 Å². The second kappa shape index (κ2) is 8.78. The Morgan fingerprint density at radius 1 is 1.35 bits per heavy atom. The van der Waals surface area contributed by atoms with Crippen LogP contribution in [-0.2, 0) is 16.6 Å². The number of alkyl halides is 2. The molecule has 2 unspecified atom stereocenters. The molecule has 8 nitrogen and oxygen atoms in total. The molecular weight excluding hydrogens is 408 g/mol. The maximum Gasteiger partial charge on any atom is 0.329 e. The standard InChI is InChI=1S/C21H29F2N5O3/c1-24-19(30)8-6-15(12-29)28-16-7-5-14(11-17(16)26(4)20(28)31)27-10-9-18(25(2)3)21(22,23)13-27/h5,7,11-12,15,18H,6,8-10,13H2,1-4H3,(H,24,30). The summed E-state index contributed by atoms with van der Waals surface area (Å²) in [7, 11) is 6.41. The van der Waals surface area contributed by atoms with Crippen LogP contribution in [0.15, 0.2) is 23.0 Å². The number of halogens is 2. The van der Waals surface area contributed by atoms with Gasteiger partial charge in [-0.2, -0.15) is 0 Å². The summed E-state index contributed by atoms with van der Waals surface area (Å²) in [6.45, 7) is 0.0702. The molecule has 1 aliphatic heterocycles. The van der Waals surface area contributed by atoms with E-state index in [4.69, 9.17) is 0 Å². The maximum atomic E-state index is 14.6. The summed E-state index contributed by atoms with van der Waals surface area (Å²) in [6, 6.07) is 3.48. The highest BCUT2D eigenvalue weighted by Crippen LogP contribution is 2.34. The van der Waals surface area contributed by atoms with Gasteiger partial charge in [-0.3, -0.25) is 13.9 Å². The van der Waals surface area contributed by atoms with Gasteiger partial charge in [-0.25, -0.2) is 13.6 Å². The molecule has 1 aromatic carbocycles. The summed E-state index contributed by atoms with van der Waals surface area (Å²) in [5.74, 6) is -3.08. The maximum absolute atomic E-state index is 14.6. The Kier molecular flexibility index (Phi) is 6.49. The van der Waals surface area contributed by atoms with E-state index < -0.39 is 30.2 Å². The first-order valence-electron chi connectivity index (χ1n) is 10.3. The highest BCUT2D eigenvalue weighted by Gasteiger charge is 2.45. The third kappa shape index (κ3) is 4.34. The number of hydrogen-bond acceptors (Lipinski definition) is 5. The molecule has 0 saturated carbocycles. The molecule has 0 bridgehead atoms. The normalized spacial score (nSPS) is 19.6. The zero-order chi connectivity index (χ0) is 22.9. The fourth-order valence-corrected chi connectivity index (χ4v) is 4.32. The number of piperidine rings is 1. The fourth-order valence-electron chi connectivity index (χ4n) is 4.32. The highest BCUT2D eigenvalue weighted by atomic mass is 19.3. The van der Waals surface area contributed by atoms with E-state index in [1.54, 1.807) is 49.1 Å². The third-order valence-corrected chi connectivity index (χ3v) is 6.06. The van der Waals surface area contributed by atoms with Gasteiger partial charge < -0.3 is 19.9 Å². The van der Waals surface area contributed by atoms with E-state index in [1.165, 1.54) is 16.2 Å². The summed E-state index contributed by atoms with van der Waals surface area (Å²) in [4.78, 5) is 39.3. The molecule has 0 aliphatic carbocycles. The average Bonchev–Trinajstić information content (AvgIpc) is 2.97. The second-order valence-electron chi connectivity index (χ2n) is 8.25. The van der Waals surface area contributed by atoms with Gasteiger partial charge in [-0.05, 0) is 45.1 Å². The number of aldehydes is 1. The summed E-state index contributed by atoms with van der Waals surface area (Å²) in [5, 5.41) is 2.50. The molecule has 31 heavy (non-hydrogen) atoms. The summed E-state index contributed by atoms with van der Waals surface area (Å²) >= 11 is 0. The number of imidazole rings is 1. The van der Waals surface area contributed by atoms with Gasteiger partial charge in [0.25, 0.3) is 5.92 Å². The zero-order valence-corrected chi connectivity index (χ0v) is 18.3. The van der Waals surface area contributed by atoms with Crippen LogP contribution in [0.4, 0.5) is 14.5 Å². The number of nitrogens with one attached hydrogen (secondary N) is 1. The van der Waals surface area contributed by atoms with E-state index in [1.807, 2.05) is 0 Å². The number of fused-ring (bicyclic) bond motifs is 1. The minimum absolute atomic E-state index is 0.108. The van der Waals surface area contributed by atoms with Gasteiger partial charge in [0.1, 0.15) is 6.29 Å². The Morgan fingerprint density at radius 2 is 2.06 bits per heavy atom. The van der Waals surface area contributed by atoms with Crippen LogP contribution in [0.3, 0.4) is 0 Å². The first-order chi connectivity index (χ1) is 14.6. The number of benzene rings is 1. The van der Waals surface area contributed by atoms with E-state index in [2.05, 4.69) is 5.32 Å². The van der Waals surface area contributed by atoms with Crippen molar-refractivity contribution in [3.63, 3.8) is 0 Å². The fraction of sp³-hybridized carbons (Fsp3) is 0.571. The monoisotopic (exact) mass is 437 g/mol. The molecule has 2 heterocycles. The van der Waals surface area contributed by atoms with Gasteiger partial charge in [0.05, 0.1) is 29.7 Å². The summed E-state index contributed by atoms with van der Waals surface area (Å²) in [5.41, 5.74) is 1.29. The Hall–Kier alpha value is -2.75. The lowest BCUT2D eigenvalue weighted by atomic mass is 9.99. The molecule has 10 heteroatoms. The number of carbonyl (C=O) groups excluding carboxylic acids is 2. The van der Waals surface area contributed by atoms with Crippen molar-refractivity contribution in [2.45, 2.75) is 37.3 Å². The van der Waals surface area contributed by atoms with E-state index in [9.17, 15) is 23.2 Å². The quantitative estimate of drug-likeness (QED) is 0.662. The molecule has 2 atom stereocenters. The molecule has 1 aliphatic rings. The Balaban J connectivity index is 1.94. The smallest absolute Gasteiger partial charge is 0.329 e.